The number of para-hydroxylation sites is 2. The first-order valence-electron chi connectivity index (χ1n) is 9.30. The third-order valence-electron chi connectivity index (χ3n) is 4.92. The van der Waals surface area contributed by atoms with Crippen LogP contribution in [0.25, 0.3) is 5.69 Å². The molecule has 1 aliphatic rings. The molecule has 7 heteroatoms. The zero-order chi connectivity index (χ0) is 19.3. The van der Waals surface area contributed by atoms with Gasteiger partial charge in [-0.1, -0.05) is 42.5 Å². The standard InChI is InChI=1S/C21H22N6O/c1-28-20-10-6-5-9-19(20)27-23-18(15-22)21(24-27)26-13-11-25(12-14-26)16-17-7-3-2-4-8-17/h2-10H,11-14,16H2,1H3. The predicted molar refractivity (Wildman–Crippen MR) is 107 cm³/mol. The highest BCUT2D eigenvalue weighted by Crippen LogP contribution is 2.24. The van der Waals surface area contributed by atoms with Gasteiger partial charge in [-0.3, -0.25) is 4.90 Å². The molecular formula is C21H22N6O. The van der Waals surface area contributed by atoms with Gasteiger partial charge in [-0.15, -0.1) is 15.0 Å². The minimum Gasteiger partial charge on any atom is -0.494 e. The van der Waals surface area contributed by atoms with Crippen molar-refractivity contribution in [3.63, 3.8) is 0 Å². The second-order valence-electron chi connectivity index (χ2n) is 6.69. The van der Waals surface area contributed by atoms with Crippen LogP contribution in [-0.4, -0.2) is 53.2 Å². The molecule has 1 fully saturated rings. The largest absolute Gasteiger partial charge is 0.494 e. The lowest BCUT2D eigenvalue weighted by Gasteiger charge is -2.34. The van der Waals surface area contributed by atoms with Gasteiger partial charge in [0.25, 0.3) is 0 Å². The highest BCUT2D eigenvalue weighted by atomic mass is 16.5. The second kappa shape index (κ2) is 8.11. The average molecular weight is 374 g/mol. The van der Waals surface area contributed by atoms with Gasteiger partial charge in [0.2, 0.25) is 5.69 Å². The summed E-state index contributed by atoms with van der Waals surface area (Å²) < 4.78 is 5.39. The molecule has 0 radical (unpaired) electrons. The molecule has 7 nitrogen and oxygen atoms in total. The topological polar surface area (TPSA) is 70.2 Å². The molecule has 0 N–H and O–H groups in total. The molecule has 3 aromatic rings. The lowest BCUT2D eigenvalue weighted by molar-refractivity contribution is 0.249. The van der Waals surface area contributed by atoms with E-state index in [1.54, 1.807) is 7.11 Å². The van der Waals surface area contributed by atoms with Gasteiger partial charge in [-0.2, -0.15) is 5.26 Å². The molecule has 1 aromatic heterocycles. The number of hydrogen-bond donors (Lipinski definition) is 0. The minimum atomic E-state index is 0.336. The Kier molecular flexibility index (Phi) is 5.22. The molecule has 0 saturated carbocycles. The Morgan fingerprint density at radius 1 is 0.964 bits per heavy atom. The summed E-state index contributed by atoms with van der Waals surface area (Å²) in [6.45, 7) is 4.40. The van der Waals surface area contributed by atoms with E-state index in [1.807, 2.05) is 30.3 Å². The SMILES string of the molecule is COc1ccccc1-n1nc(C#N)c(N2CCN(Cc3ccccc3)CC2)n1. The van der Waals surface area contributed by atoms with E-state index in [4.69, 9.17) is 4.74 Å². The fraction of sp³-hybridized carbons (Fsp3) is 0.286. The number of hydrogen-bond acceptors (Lipinski definition) is 6. The van der Waals surface area contributed by atoms with Crippen LogP contribution in [0.15, 0.2) is 54.6 Å². The summed E-state index contributed by atoms with van der Waals surface area (Å²) in [5.74, 6) is 1.30. The quantitative estimate of drug-likeness (QED) is 0.683. The molecule has 0 spiro atoms. The fourth-order valence-electron chi connectivity index (χ4n) is 3.45. The molecule has 0 unspecified atom stereocenters. The lowest BCUT2D eigenvalue weighted by atomic mass is 10.2. The number of benzene rings is 2. The number of methoxy groups -OCH3 is 1. The minimum absolute atomic E-state index is 0.336. The van der Waals surface area contributed by atoms with E-state index in [9.17, 15) is 5.26 Å². The van der Waals surface area contributed by atoms with Crippen molar-refractivity contribution in [3.05, 3.63) is 65.9 Å². The summed E-state index contributed by atoms with van der Waals surface area (Å²) in [4.78, 5) is 6.05. The molecule has 142 valence electrons. The normalized spacial score (nSPS) is 14.6. The number of nitriles is 1. The van der Waals surface area contributed by atoms with E-state index in [2.05, 4.69) is 50.3 Å². The number of rotatable bonds is 5. The summed E-state index contributed by atoms with van der Waals surface area (Å²) in [6, 6.07) is 20.2. The van der Waals surface area contributed by atoms with Crippen molar-refractivity contribution in [1.82, 2.24) is 19.9 Å². The van der Waals surface area contributed by atoms with Crippen LogP contribution in [0.2, 0.25) is 0 Å². The average Bonchev–Trinajstić information content (AvgIpc) is 3.19. The number of nitrogens with zero attached hydrogens (tertiary/aromatic N) is 6. The van der Waals surface area contributed by atoms with Gasteiger partial charge in [0, 0.05) is 32.7 Å². The van der Waals surface area contributed by atoms with E-state index < -0.39 is 0 Å². The monoisotopic (exact) mass is 374 g/mol. The van der Waals surface area contributed by atoms with Gasteiger partial charge >= 0.3 is 0 Å². The first-order valence-corrected chi connectivity index (χ1v) is 9.30. The number of piperazine rings is 1. The van der Waals surface area contributed by atoms with Crippen molar-refractivity contribution in [2.45, 2.75) is 6.54 Å². The maximum atomic E-state index is 9.55. The summed E-state index contributed by atoms with van der Waals surface area (Å²) in [5, 5.41) is 18.5. The molecule has 0 amide bonds. The summed E-state index contributed by atoms with van der Waals surface area (Å²) >= 11 is 0. The highest BCUT2D eigenvalue weighted by Gasteiger charge is 2.24. The van der Waals surface area contributed by atoms with Crippen molar-refractivity contribution >= 4 is 5.82 Å². The Bertz CT molecular complexity index is 970. The van der Waals surface area contributed by atoms with Gasteiger partial charge in [0.05, 0.1) is 7.11 Å². The molecule has 4 rings (SSSR count). The third kappa shape index (κ3) is 3.68. The van der Waals surface area contributed by atoms with Gasteiger partial charge in [-0.05, 0) is 17.7 Å². The summed E-state index contributed by atoms with van der Waals surface area (Å²) in [6.07, 6.45) is 0. The molecule has 1 saturated heterocycles. The van der Waals surface area contributed by atoms with Crippen LogP contribution in [-0.2, 0) is 6.54 Å². The maximum Gasteiger partial charge on any atom is 0.207 e. The number of ether oxygens (including phenoxy) is 1. The van der Waals surface area contributed by atoms with Crippen LogP contribution < -0.4 is 9.64 Å². The first-order chi connectivity index (χ1) is 13.8. The van der Waals surface area contributed by atoms with E-state index >= 15 is 0 Å². The van der Waals surface area contributed by atoms with Crippen molar-refractivity contribution in [2.75, 3.05) is 38.2 Å². The fourth-order valence-corrected chi connectivity index (χ4v) is 3.45. The predicted octanol–water partition coefficient (Wildman–Crippen LogP) is 2.47. The van der Waals surface area contributed by atoms with Crippen LogP contribution in [0, 0.1) is 11.3 Å². The van der Waals surface area contributed by atoms with Gasteiger partial charge in [0.15, 0.2) is 5.82 Å². The van der Waals surface area contributed by atoms with Crippen LogP contribution in [0.4, 0.5) is 5.82 Å². The smallest absolute Gasteiger partial charge is 0.207 e. The first kappa shape index (κ1) is 18.0. The van der Waals surface area contributed by atoms with Gasteiger partial charge < -0.3 is 9.64 Å². The van der Waals surface area contributed by atoms with Crippen LogP contribution in [0.3, 0.4) is 0 Å². The van der Waals surface area contributed by atoms with Gasteiger partial charge in [0.1, 0.15) is 17.5 Å². The Balaban J connectivity index is 1.49. The molecular weight excluding hydrogens is 352 g/mol. The molecule has 28 heavy (non-hydrogen) atoms. The van der Waals surface area contributed by atoms with E-state index in [0.29, 0.717) is 17.3 Å². The zero-order valence-electron chi connectivity index (χ0n) is 15.8. The lowest BCUT2D eigenvalue weighted by Crippen LogP contribution is -2.46. The number of aromatic nitrogens is 3. The Hall–Kier alpha value is -3.37. The van der Waals surface area contributed by atoms with Crippen LogP contribution >= 0.6 is 0 Å². The molecule has 0 aliphatic carbocycles. The van der Waals surface area contributed by atoms with E-state index in [1.165, 1.54) is 10.4 Å². The highest BCUT2D eigenvalue weighted by molar-refractivity contribution is 5.52. The van der Waals surface area contributed by atoms with E-state index in [-0.39, 0.29) is 0 Å². The number of anilines is 1. The third-order valence-corrected chi connectivity index (χ3v) is 4.92. The second-order valence-corrected chi connectivity index (χ2v) is 6.69. The molecule has 0 atom stereocenters. The van der Waals surface area contributed by atoms with Crippen molar-refractivity contribution in [2.24, 2.45) is 0 Å². The molecule has 0 bridgehead atoms. The molecule has 2 heterocycles. The van der Waals surface area contributed by atoms with Gasteiger partial charge in [-0.25, -0.2) is 0 Å². The maximum absolute atomic E-state index is 9.55. The van der Waals surface area contributed by atoms with Crippen LogP contribution in [0.5, 0.6) is 5.75 Å². The van der Waals surface area contributed by atoms with Crippen molar-refractivity contribution in [1.29, 1.82) is 5.26 Å². The summed E-state index contributed by atoms with van der Waals surface area (Å²) in [7, 11) is 1.61. The Labute approximate surface area is 164 Å². The van der Waals surface area contributed by atoms with Crippen molar-refractivity contribution in [3.8, 4) is 17.5 Å². The molecule has 1 aliphatic heterocycles. The van der Waals surface area contributed by atoms with E-state index in [0.717, 1.165) is 38.4 Å². The Morgan fingerprint density at radius 2 is 1.68 bits per heavy atom. The van der Waals surface area contributed by atoms with Crippen LogP contribution in [0.1, 0.15) is 11.3 Å². The van der Waals surface area contributed by atoms with Crippen molar-refractivity contribution < 1.29 is 4.74 Å². The molecule has 2 aromatic carbocycles. The summed E-state index contributed by atoms with van der Waals surface area (Å²) in [5.41, 5.74) is 2.37. The zero-order valence-corrected chi connectivity index (χ0v) is 15.8. The Morgan fingerprint density at radius 3 is 2.39 bits per heavy atom.